The maximum atomic E-state index is 11.6. The van der Waals surface area contributed by atoms with Gasteiger partial charge in [0, 0.05) is 20.3 Å². The van der Waals surface area contributed by atoms with Gasteiger partial charge < -0.3 is 20.6 Å². The number of hydrogen-bond acceptors (Lipinski definition) is 4. The second kappa shape index (κ2) is 6.55. The van der Waals surface area contributed by atoms with Crippen molar-refractivity contribution in [3.8, 4) is 0 Å². The lowest BCUT2D eigenvalue weighted by atomic mass is 10.3. The number of carboxylic acid groups (broad SMARTS) is 1. The van der Waals surface area contributed by atoms with E-state index in [-0.39, 0.29) is 12.5 Å². The van der Waals surface area contributed by atoms with Crippen molar-refractivity contribution >= 4 is 23.6 Å². The molecule has 110 valence electrons. The van der Waals surface area contributed by atoms with E-state index in [0.29, 0.717) is 5.69 Å². The number of carboxylic acids is 1. The summed E-state index contributed by atoms with van der Waals surface area (Å²) in [4.78, 5) is 35.0. The molecule has 20 heavy (non-hydrogen) atoms. The summed E-state index contributed by atoms with van der Waals surface area (Å²) in [5, 5.41) is 17.3. The summed E-state index contributed by atoms with van der Waals surface area (Å²) >= 11 is 0. The molecule has 1 heterocycles. The average Bonchev–Trinajstić information content (AvgIpc) is 2.73. The number of aromatic nitrogens is 2. The molecule has 0 saturated heterocycles. The molecule has 0 radical (unpaired) electrons. The van der Waals surface area contributed by atoms with Crippen LogP contribution in [0.5, 0.6) is 0 Å². The van der Waals surface area contributed by atoms with Crippen molar-refractivity contribution in [3.05, 3.63) is 12.4 Å². The lowest BCUT2D eigenvalue weighted by molar-refractivity contribution is -0.138. The smallest absolute Gasteiger partial charge is 0.325 e. The number of aliphatic carboxylic acids is 1. The molecule has 9 heteroatoms. The largest absolute Gasteiger partial charge is 0.480 e. The minimum absolute atomic E-state index is 0.235. The molecular weight excluding hydrogens is 266 g/mol. The van der Waals surface area contributed by atoms with Crippen molar-refractivity contribution in [1.29, 1.82) is 0 Å². The Morgan fingerprint density at radius 2 is 2.10 bits per heavy atom. The van der Waals surface area contributed by atoms with E-state index in [2.05, 4.69) is 15.7 Å². The molecule has 0 aliphatic carbocycles. The van der Waals surface area contributed by atoms with Gasteiger partial charge in [-0.15, -0.1) is 0 Å². The van der Waals surface area contributed by atoms with E-state index in [1.807, 2.05) is 0 Å². The second-order valence-corrected chi connectivity index (χ2v) is 4.37. The molecule has 0 bridgehead atoms. The van der Waals surface area contributed by atoms with Crippen LogP contribution in [-0.2, 0) is 16.1 Å². The standard InChI is InChI=1S/C11H17N5O4/c1-7(10(19)15(2)3)13-11(20)14-8-4-12-16(5-8)6-9(17)18/h4-5,7H,6H2,1-3H3,(H,17,18)(H2,13,14,20). The highest BCUT2D eigenvalue weighted by atomic mass is 16.4. The van der Waals surface area contributed by atoms with Crippen molar-refractivity contribution in [1.82, 2.24) is 20.0 Å². The maximum absolute atomic E-state index is 11.6. The number of likely N-dealkylation sites (N-methyl/N-ethyl adjacent to an activating group) is 1. The van der Waals surface area contributed by atoms with Crippen LogP contribution in [0.1, 0.15) is 6.92 Å². The Balaban J connectivity index is 2.52. The molecule has 3 amide bonds. The molecule has 0 aliphatic rings. The topological polar surface area (TPSA) is 117 Å². The van der Waals surface area contributed by atoms with Gasteiger partial charge in [0.05, 0.1) is 11.9 Å². The summed E-state index contributed by atoms with van der Waals surface area (Å²) in [6, 6.07) is -1.23. The van der Waals surface area contributed by atoms with E-state index in [0.717, 1.165) is 0 Å². The molecule has 1 atom stereocenters. The van der Waals surface area contributed by atoms with Crippen LogP contribution in [-0.4, -0.2) is 57.8 Å². The highest BCUT2D eigenvalue weighted by Crippen LogP contribution is 2.04. The first-order chi connectivity index (χ1) is 9.29. The summed E-state index contributed by atoms with van der Waals surface area (Å²) in [6.45, 7) is 1.27. The molecule has 0 aromatic carbocycles. The Kier molecular flexibility index (Phi) is 5.07. The predicted octanol–water partition coefficient (Wildman–Crippen LogP) is -0.434. The van der Waals surface area contributed by atoms with E-state index in [4.69, 9.17) is 5.11 Å². The number of nitrogens with zero attached hydrogens (tertiary/aromatic N) is 3. The van der Waals surface area contributed by atoms with Crippen LogP contribution in [0.25, 0.3) is 0 Å². The van der Waals surface area contributed by atoms with Gasteiger partial charge in [0.25, 0.3) is 0 Å². The highest BCUT2D eigenvalue weighted by Gasteiger charge is 2.17. The molecule has 1 aromatic rings. The third-order valence-corrected chi connectivity index (χ3v) is 2.35. The summed E-state index contributed by atoms with van der Waals surface area (Å²) in [5.41, 5.74) is 0.341. The molecule has 3 N–H and O–H groups in total. The van der Waals surface area contributed by atoms with Gasteiger partial charge in [0.1, 0.15) is 12.6 Å². The first kappa shape index (κ1) is 15.5. The molecule has 1 aromatic heterocycles. The first-order valence-electron chi connectivity index (χ1n) is 5.82. The molecule has 0 saturated carbocycles. The van der Waals surface area contributed by atoms with Crippen LogP contribution >= 0.6 is 0 Å². The fourth-order valence-corrected chi connectivity index (χ4v) is 1.47. The highest BCUT2D eigenvalue weighted by molar-refractivity contribution is 5.93. The van der Waals surface area contributed by atoms with Gasteiger partial charge in [-0.25, -0.2) is 4.79 Å². The Morgan fingerprint density at radius 3 is 2.65 bits per heavy atom. The monoisotopic (exact) mass is 283 g/mol. The van der Waals surface area contributed by atoms with Crippen LogP contribution in [0, 0.1) is 0 Å². The number of carbonyl (C=O) groups excluding carboxylic acids is 2. The molecule has 0 spiro atoms. The van der Waals surface area contributed by atoms with Gasteiger partial charge in [-0.05, 0) is 6.92 Å². The lowest BCUT2D eigenvalue weighted by Crippen LogP contribution is -2.45. The Hall–Kier alpha value is -2.58. The van der Waals surface area contributed by atoms with Crippen LogP contribution in [0.15, 0.2) is 12.4 Å². The van der Waals surface area contributed by atoms with Gasteiger partial charge in [-0.1, -0.05) is 0 Å². The lowest BCUT2D eigenvalue weighted by Gasteiger charge is -2.17. The van der Waals surface area contributed by atoms with Gasteiger partial charge in [0.2, 0.25) is 5.91 Å². The minimum atomic E-state index is -1.03. The Morgan fingerprint density at radius 1 is 1.45 bits per heavy atom. The second-order valence-electron chi connectivity index (χ2n) is 4.37. The van der Waals surface area contributed by atoms with Crippen LogP contribution in [0.2, 0.25) is 0 Å². The predicted molar refractivity (Wildman–Crippen MR) is 70.2 cm³/mol. The fourth-order valence-electron chi connectivity index (χ4n) is 1.47. The van der Waals surface area contributed by atoms with Crippen molar-refractivity contribution < 1.29 is 19.5 Å². The number of rotatable bonds is 5. The van der Waals surface area contributed by atoms with Crippen molar-refractivity contribution in [3.63, 3.8) is 0 Å². The zero-order chi connectivity index (χ0) is 15.3. The average molecular weight is 283 g/mol. The van der Waals surface area contributed by atoms with Gasteiger partial charge in [-0.3, -0.25) is 14.3 Å². The quantitative estimate of drug-likeness (QED) is 0.677. The number of urea groups is 1. The maximum Gasteiger partial charge on any atom is 0.325 e. The van der Waals surface area contributed by atoms with Gasteiger partial charge in [0.15, 0.2) is 0 Å². The summed E-state index contributed by atoms with van der Waals surface area (Å²) in [6.07, 6.45) is 2.70. The number of nitrogens with one attached hydrogen (secondary N) is 2. The molecule has 0 fully saturated rings. The van der Waals surface area contributed by atoms with Crippen molar-refractivity contribution in [2.24, 2.45) is 0 Å². The van der Waals surface area contributed by atoms with Gasteiger partial charge >= 0.3 is 12.0 Å². The number of hydrogen-bond donors (Lipinski definition) is 3. The number of anilines is 1. The van der Waals surface area contributed by atoms with Crippen LogP contribution in [0.4, 0.5) is 10.5 Å². The normalized spacial score (nSPS) is 11.6. The summed E-state index contributed by atoms with van der Waals surface area (Å²) in [7, 11) is 3.18. The van der Waals surface area contributed by atoms with E-state index >= 15 is 0 Å². The van der Waals surface area contributed by atoms with E-state index in [1.165, 1.54) is 22.0 Å². The SMILES string of the molecule is CC(NC(=O)Nc1cnn(CC(=O)O)c1)C(=O)N(C)C. The van der Waals surface area contributed by atoms with Gasteiger partial charge in [-0.2, -0.15) is 5.10 Å². The summed E-state index contributed by atoms with van der Waals surface area (Å²) in [5.74, 6) is -1.27. The minimum Gasteiger partial charge on any atom is -0.480 e. The van der Waals surface area contributed by atoms with E-state index in [1.54, 1.807) is 21.0 Å². The Bertz CT molecular complexity index is 511. The molecular formula is C11H17N5O4. The first-order valence-corrected chi connectivity index (χ1v) is 5.82. The summed E-state index contributed by atoms with van der Waals surface area (Å²) < 4.78 is 1.17. The van der Waals surface area contributed by atoms with Crippen LogP contribution in [0.3, 0.4) is 0 Å². The Labute approximate surface area is 115 Å². The fraction of sp³-hybridized carbons (Fsp3) is 0.455. The van der Waals surface area contributed by atoms with Crippen molar-refractivity contribution in [2.45, 2.75) is 19.5 Å². The number of amides is 3. The number of carbonyl (C=O) groups is 3. The molecule has 1 rings (SSSR count). The van der Waals surface area contributed by atoms with Crippen LogP contribution < -0.4 is 10.6 Å². The third-order valence-electron chi connectivity index (χ3n) is 2.35. The molecule has 0 aliphatic heterocycles. The molecule has 9 nitrogen and oxygen atoms in total. The van der Waals surface area contributed by atoms with Crippen molar-refractivity contribution in [2.75, 3.05) is 19.4 Å². The zero-order valence-corrected chi connectivity index (χ0v) is 11.5. The zero-order valence-electron chi connectivity index (χ0n) is 11.5. The van der Waals surface area contributed by atoms with E-state index < -0.39 is 18.0 Å². The van der Waals surface area contributed by atoms with E-state index in [9.17, 15) is 14.4 Å². The molecule has 1 unspecified atom stereocenters. The third kappa shape index (κ3) is 4.59.